The van der Waals surface area contributed by atoms with Crippen molar-refractivity contribution in [2.75, 3.05) is 19.8 Å². The quantitative estimate of drug-likeness (QED) is 0.0889. The lowest BCUT2D eigenvalue weighted by Gasteiger charge is -2.35. The van der Waals surface area contributed by atoms with E-state index in [-0.39, 0.29) is 38.1 Å². The molecule has 0 spiro atoms. The number of thiazole rings is 1. The number of nitrogens with zero attached hydrogens (tertiary/aromatic N) is 6. The Labute approximate surface area is 409 Å². The second kappa shape index (κ2) is 20.1. The van der Waals surface area contributed by atoms with Gasteiger partial charge in [0.15, 0.2) is 18.6 Å². The molecule has 0 radical (unpaired) electrons. The number of ether oxygens (including phenoxy) is 2. The first-order valence-corrected chi connectivity index (χ1v) is 24.6. The number of benzene rings is 3. The van der Waals surface area contributed by atoms with Crippen LogP contribution in [0, 0.1) is 33.1 Å². The maximum absolute atomic E-state index is 14.2. The van der Waals surface area contributed by atoms with E-state index in [0.717, 1.165) is 59.4 Å². The number of aromatic nitrogens is 4. The van der Waals surface area contributed by atoms with Gasteiger partial charge >= 0.3 is 6.09 Å². The summed E-state index contributed by atoms with van der Waals surface area (Å²) in [6, 6.07) is 21.0. The Morgan fingerprint density at radius 1 is 0.884 bits per heavy atom. The average molecular weight is 972 g/mol. The van der Waals surface area contributed by atoms with Gasteiger partial charge in [0.2, 0.25) is 11.8 Å². The second-order valence-electron chi connectivity index (χ2n) is 18.4. The number of aliphatic imine (C=N–C) groups is 1. The number of thiophene rings is 1. The van der Waals surface area contributed by atoms with E-state index < -0.39 is 47.7 Å². The Kier molecular flexibility index (Phi) is 14.2. The Morgan fingerprint density at radius 2 is 1.54 bits per heavy atom. The Morgan fingerprint density at radius 3 is 2.17 bits per heavy atom. The van der Waals surface area contributed by atoms with Crippen molar-refractivity contribution in [2.45, 2.75) is 99.1 Å². The van der Waals surface area contributed by atoms with Gasteiger partial charge in [0.1, 0.15) is 28.7 Å². The summed E-state index contributed by atoms with van der Waals surface area (Å²) in [5.41, 5.74) is 9.38. The lowest BCUT2D eigenvalue weighted by Crippen LogP contribution is -2.58. The molecule has 4 amide bonds. The molecule has 2 unspecified atom stereocenters. The largest absolute Gasteiger partial charge is 0.484 e. The van der Waals surface area contributed by atoms with Crippen LogP contribution in [-0.2, 0) is 19.1 Å². The van der Waals surface area contributed by atoms with Crippen molar-refractivity contribution in [1.82, 2.24) is 40.6 Å². The molecule has 0 aliphatic carbocycles. The molecule has 5 atom stereocenters. The van der Waals surface area contributed by atoms with E-state index in [1.165, 1.54) is 4.90 Å². The Balaban J connectivity index is 0.906. The minimum Gasteiger partial charge on any atom is -0.484 e. The number of aliphatic hydroxyl groups is 1. The fourth-order valence-corrected chi connectivity index (χ4v) is 10.7. The standard InChI is InChI=1S/C51H57N9O7S2/c1-10-66-50(65)56-45-46-58-57-31(6)60(46)49-41(27(2)30(5)69-49)42(55-45)35-15-13-33(14-16-35)34-19-21-38(22-20-34)67-25-40(62)54-44(51(7,8)9)48(64)59-24-37(61)23-39(59)47(63)53-28(3)32-11-17-36(18-12-32)43-29(4)52-26-68-43/h11-22,26,28,37,39,44-45,61H,10,23-25H2,1-9H3,(H,53,63)(H,54,62)(H,56,65)/t28-,37+,39-,44?,45?/m0/s1. The predicted molar refractivity (Wildman–Crippen MR) is 266 cm³/mol. The molecule has 2 aliphatic heterocycles. The summed E-state index contributed by atoms with van der Waals surface area (Å²) < 4.78 is 13.1. The molecule has 2 aliphatic rings. The van der Waals surface area contributed by atoms with Crippen LogP contribution in [0.4, 0.5) is 4.79 Å². The molecule has 8 rings (SSSR count). The number of aryl methyl sites for hydroxylation is 3. The highest BCUT2D eigenvalue weighted by molar-refractivity contribution is 7.15. The number of likely N-dealkylation sites (tertiary alicyclic amines) is 1. The van der Waals surface area contributed by atoms with Crippen LogP contribution in [0.15, 0.2) is 83.3 Å². The smallest absolute Gasteiger partial charge is 0.409 e. The molecule has 69 heavy (non-hydrogen) atoms. The van der Waals surface area contributed by atoms with Crippen LogP contribution in [0.5, 0.6) is 5.75 Å². The molecular formula is C51H57N9O7S2. The summed E-state index contributed by atoms with van der Waals surface area (Å²) in [7, 11) is 0. The van der Waals surface area contributed by atoms with Crippen LogP contribution in [0.2, 0.25) is 0 Å². The second-order valence-corrected chi connectivity index (χ2v) is 20.5. The molecule has 1 fully saturated rings. The Bertz CT molecular complexity index is 2900. The zero-order valence-corrected chi connectivity index (χ0v) is 41.8. The number of carbonyl (C=O) groups excluding carboxylic acids is 4. The van der Waals surface area contributed by atoms with Crippen molar-refractivity contribution in [1.29, 1.82) is 0 Å². The van der Waals surface area contributed by atoms with Gasteiger partial charge in [-0.15, -0.1) is 32.9 Å². The number of carbonyl (C=O) groups is 4. The molecule has 1 saturated heterocycles. The zero-order valence-electron chi connectivity index (χ0n) is 40.1. The van der Waals surface area contributed by atoms with Gasteiger partial charge in [-0.1, -0.05) is 81.4 Å². The van der Waals surface area contributed by atoms with Crippen LogP contribution < -0.4 is 20.7 Å². The third-order valence-electron chi connectivity index (χ3n) is 12.5. The summed E-state index contributed by atoms with van der Waals surface area (Å²) in [4.78, 5) is 67.1. The number of rotatable bonds is 13. The predicted octanol–water partition coefficient (Wildman–Crippen LogP) is 7.70. The molecule has 4 N–H and O–H groups in total. The first-order chi connectivity index (χ1) is 32.9. The van der Waals surface area contributed by atoms with E-state index >= 15 is 0 Å². The van der Waals surface area contributed by atoms with Crippen molar-refractivity contribution in [2.24, 2.45) is 10.4 Å². The van der Waals surface area contributed by atoms with E-state index in [2.05, 4.69) is 45.0 Å². The Hall–Kier alpha value is -6.76. The fraction of sp³-hybridized carbons (Fsp3) is 0.373. The van der Waals surface area contributed by atoms with Gasteiger partial charge in [0.05, 0.1) is 40.5 Å². The minimum absolute atomic E-state index is 0.0364. The first kappa shape index (κ1) is 48.7. The number of hydrogen-bond acceptors (Lipinski definition) is 13. The van der Waals surface area contributed by atoms with Crippen LogP contribution in [0.25, 0.3) is 26.6 Å². The molecule has 360 valence electrons. The van der Waals surface area contributed by atoms with Crippen LogP contribution in [0.1, 0.15) is 97.7 Å². The fourth-order valence-electron chi connectivity index (χ4n) is 8.63. The number of hydrogen-bond donors (Lipinski definition) is 4. The van der Waals surface area contributed by atoms with Crippen molar-refractivity contribution in [3.8, 4) is 32.3 Å². The van der Waals surface area contributed by atoms with E-state index in [0.29, 0.717) is 23.1 Å². The average Bonchev–Trinajstić information content (AvgIpc) is 4.09. The number of alkyl carbamates (subject to hydrolysis) is 1. The third-order valence-corrected chi connectivity index (χ3v) is 14.6. The van der Waals surface area contributed by atoms with Gasteiger partial charge < -0.3 is 30.1 Å². The van der Waals surface area contributed by atoms with Gasteiger partial charge in [-0.25, -0.2) is 9.78 Å². The normalized spacial score (nSPS) is 17.4. The van der Waals surface area contributed by atoms with Crippen molar-refractivity contribution in [3.05, 3.63) is 123 Å². The number of amides is 4. The van der Waals surface area contributed by atoms with Crippen molar-refractivity contribution < 1.29 is 33.8 Å². The molecule has 0 bridgehead atoms. The summed E-state index contributed by atoms with van der Waals surface area (Å²) in [5, 5.41) is 29.1. The van der Waals surface area contributed by atoms with Gasteiger partial charge in [-0.05, 0) is 86.9 Å². The van der Waals surface area contributed by atoms with E-state index in [9.17, 15) is 24.3 Å². The lowest BCUT2D eigenvalue weighted by molar-refractivity contribution is -0.144. The molecule has 0 saturated carbocycles. The molecule has 16 nitrogen and oxygen atoms in total. The number of fused-ring (bicyclic) bond motifs is 3. The maximum Gasteiger partial charge on any atom is 0.409 e. The molecule has 5 heterocycles. The summed E-state index contributed by atoms with van der Waals surface area (Å²) in [6.45, 7) is 16.9. The van der Waals surface area contributed by atoms with Crippen LogP contribution in [0.3, 0.4) is 0 Å². The van der Waals surface area contributed by atoms with Crippen LogP contribution >= 0.6 is 22.7 Å². The monoisotopic (exact) mass is 971 g/mol. The van der Waals surface area contributed by atoms with Crippen LogP contribution in [-0.4, -0.2) is 97.2 Å². The highest BCUT2D eigenvalue weighted by Gasteiger charge is 2.45. The SMILES string of the molecule is CCOC(=O)NC1N=C(c2ccc(-c3ccc(OCC(=O)NC(C(=O)N4C[C@H](O)C[C@H]4C(=O)N[C@@H](C)c4ccc(-c5scnc5C)cc4)C(C)(C)C)cc3)cc2)c2c(sc(C)c2C)-n2c(C)nnc21. The van der Waals surface area contributed by atoms with E-state index in [1.54, 1.807) is 41.7 Å². The van der Waals surface area contributed by atoms with Crippen molar-refractivity contribution >= 4 is 52.2 Å². The van der Waals surface area contributed by atoms with Gasteiger partial charge in [-0.2, -0.15) is 0 Å². The van der Waals surface area contributed by atoms with Gasteiger partial charge in [0, 0.05) is 29.0 Å². The molecular weight excluding hydrogens is 915 g/mol. The van der Waals surface area contributed by atoms with Crippen molar-refractivity contribution in [3.63, 3.8) is 0 Å². The topological polar surface area (TPSA) is 202 Å². The lowest BCUT2D eigenvalue weighted by atomic mass is 9.85. The first-order valence-electron chi connectivity index (χ1n) is 22.9. The molecule has 18 heteroatoms. The molecule has 3 aromatic carbocycles. The maximum atomic E-state index is 14.2. The molecule has 6 aromatic rings. The van der Waals surface area contributed by atoms with E-state index in [1.807, 2.05) is 112 Å². The number of aliphatic hydroxyl groups excluding tert-OH is 1. The summed E-state index contributed by atoms with van der Waals surface area (Å²) in [6.07, 6.45) is -2.27. The van der Waals surface area contributed by atoms with E-state index in [4.69, 9.17) is 14.5 Å². The zero-order chi connectivity index (χ0) is 49.3. The summed E-state index contributed by atoms with van der Waals surface area (Å²) in [5.74, 6) is 0.269. The minimum atomic E-state index is -1.01. The number of nitrogens with one attached hydrogen (secondary N) is 3. The highest BCUT2D eigenvalue weighted by Crippen LogP contribution is 2.39. The van der Waals surface area contributed by atoms with Gasteiger partial charge in [-0.3, -0.25) is 29.3 Å². The third kappa shape index (κ3) is 10.3. The van der Waals surface area contributed by atoms with Gasteiger partial charge in [0.25, 0.3) is 5.91 Å². The highest BCUT2D eigenvalue weighted by atomic mass is 32.1. The summed E-state index contributed by atoms with van der Waals surface area (Å²) >= 11 is 3.19. The number of β-amino-alcohol motifs (C(OH)–C–C–N with tert-alkyl or cyclic N) is 1. The molecule has 3 aromatic heterocycles.